The molecule has 0 aliphatic heterocycles. The molecular formula is C19H21NO2S. The van der Waals surface area contributed by atoms with E-state index in [0.717, 1.165) is 11.3 Å². The van der Waals surface area contributed by atoms with Crippen LogP contribution in [0.3, 0.4) is 0 Å². The van der Waals surface area contributed by atoms with E-state index in [-0.39, 0.29) is 5.97 Å². The molecule has 23 heavy (non-hydrogen) atoms. The van der Waals surface area contributed by atoms with Crippen molar-refractivity contribution in [3.05, 3.63) is 66.2 Å². The van der Waals surface area contributed by atoms with Crippen molar-refractivity contribution in [3.8, 4) is 0 Å². The van der Waals surface area contributed by atoms with Crippen LogP contribution >= 0.6 is 12.2 Å². The van der Waals surface area contributed by atoms with Crippen LogP contribution in [-0.4, -0.2) is 17.6 Å². The third kappa shape index (κ3) is 4.63. The molecule has 0 aliphatic carbocycles. The van der Waals surface area contributed by atoms with Gasteiger partial charge in [-0.3, -0.25) is 4.79 Å². The van der Waals surface area contributed by atoms with Gasteiger partial charge in [0.25, 0.3) is 0 Å². The van der Waals surface area contributed by atoms with Crippen molar-refractivity contribution in [2.24, 2.45) is 5.92 Å². The number of hydrogen-bond donors (Lipinski definition) is 0. The number of para-hydroxylation sites is 1. The highest BCUT2D eigenvalue weighted by Gasteiger charge is 2.25. The first kappa shape index (κ1) is 17.2. The minimum Gasteiger partial charge on any atom is -0.465 e. The van der Waals surface area contributed by atoms with Crippen molar-refractivity contribution >= 4 is 28.9 Å². The fourth-order valence-corrected chi connectivity index (χ4v) is 2.54. The Kier molecular flexibility index (Phi) is 6.29. The van der Waals surface area contributed by atoms with E-state index >= 15 is 0 Å². The maximum Gasteiger partial charge on any atom is 0.315 e. The molecule has 0 aliphatic rings. The van der Waals surface area contributed by atoms with Gasteiger partial charge >= 0.3 is 5.97 Å². The van der Waals surface area contributed by atoms with Gasteiger partial charge in [0.2, 0.25) is 0 Å². The second kappa shape index (κ2) is 8.44. The highest BCUT2D eigenvalue weighted by molar-refractivity contribution is 7.80. The number of nitrogens with zero attached hydrogens (tertiary/aromatic N) is 1. The van der Waals surface area contributed by atoms with Gasteiger partial charge in [-0.15, -0.1) is 0 Å². The summed E-state index contributed by atoms with van der Waals surface area (Å²) in [5, 5.41) is 0. The van der Waals surface area contributed by atoms with E-state index in [0.29, 0.717) is 18.1 Å². The number of carbonyl (C=O) groups is 1. The Morgan fingerprint density at radius 2 is 1.65 bits per heavy atom. The van der Waals surface area contributed by atoms with Crippen LogP contribution in [0.15, 0.2) is 60.7 Å². The summed E-state index contributed by atoms with van der Waals surface area (Å²) in [5.74, 6) is -0.750. The summed E-state index contributed by atoms with van der Waals surface area (Å²) < 4.78 is 5.11. The predicted octanol–water partition coefficient (Wildman–Crippen LogP) is 4.22. The van der Waals surface area contributed by atoms with E-state index in [2.05, 4.69) is 0 Å². The lowest BCUT2D eigenvalue weighted by Crippen LogP contribution is -2.37. The Balaban J connectivity index is 2.26. The molecule has 0 bridgehead atoms. The van der Waals surface area contributed by atoms with Crippen LogP contribution in [0, 0.1) is 5.92 Å². The second-order valence-corrected chi connectivity index (χ2v) is 5.64. The minimum absolute atomic E-state index is 0.286. The van der Waals surface area contributed by atoms with Gasteiger partial charge in [-0.2, -0.15) is 0 Å². The predicted molar refractivity (Wildman–Crippen MR) is 97.5 cm³/mol. The summed E-state index contributed by atoms with van der Waals surface area (Å²) >= 11 is 5.59. The standard InChI is InChI=1S/C19H21NO2S/c1-3-22-19(21)15(2)18(23)20(17-12-8-5-9-13-17)14-16-10-6-4-7-11-16/h4-13,15H,3,14H2,1-2H3. The Morgan fingerprint density at radius 3 is 2.22 bits per heavy atom. The van der Waals surface area contributed by atoms with Crippen LogP contribution in [0.25, 0.3) is 0 Å². The molecule has 0 amide bonds. The van der Waals surface area contributed by atoms with Gasteiger partial charge in [0.15, 0.2) is 0 Å². The van der Waals surface area contributed by atoms with Crippen molar-refractivity contribution in [2.75, 3.05) is 11.5 Å². The molecule has 2 aromatic rings. The van der Waals surface area contributed by atoms with Crippen LogP contribution < -0.4 is 4.90 Å². The number of benzene rings is 2. The van der Waals surface area contributed by atoms with Gasteiger partial charge in [0, 0.05) is 12.2 Å². The summed E-state index contributed by atoms with van der Waals surface area (Å²) in [6, 6.07) is 19.9. The first-order valence-electron chi connectivity index (χ1n) is 7.70. The average Bonchev–Trinajstić information content (AvgIpc) is 2.60. The summed E-state index contributed by atoms with van der Waals surface area (Å²) in [5.41, 5.74) is 2.10. The van der Waals surface area contributed by atoms with E-state index in [1.54, 1.807) is 13.8 Å². The molecule has 0 spiro atoms. The molecule has 2 rings (SSSR count). The first-order valence-corrected chi connectivity index (χ1v) is 8.11. The quantitative estimate of drug-likeness (QED) is 0.587. The number of ether oxygens (including phenoxy) is 1. The van der Waals surface area contributed by atoms with Crippen LogP contribution in [0.4, 0.5) is 5.69 Å². The topological polar surface area (TPSA) is 29.5 Å². The lowest BCUT2D eigenvalue weighted by atomic mass is 10.1. The molecule has 0 aromatic heterocycles. The largest absolute Gasteiger partial charge is 0.465 e. The molecule has 0 N–H and O–H groups in total. The van der Waals surface area contributed by atoms with E-state index in [4.69, 9.17) is 17.0 Å². The molecule has 1 unspecified atom stereocenters. The Hall–Kier alpha value is -2.20. The number of rotatable bonds is 6. The maximum absolute atomic E-state index is 12.0. The molecule has 120 valence electrons. The fraction of sp³-hybridized carbons (Fsp3) is 0.263. The minimum atomic E-state index is -0.464. The van der Waals surface area contributed by atoms with Gasteiger partial charge in [0.1, 0.15) is 5.92 Å². The third-order valence-electron chi connectivity index (χ3n) is 3.53. The maximum atomic E-state index is 12.0. The Morgan fingerprint density at radius 1 is 1.09 bits per heavy atom. The van der Waals surface area contributed by atoms with Crippen molar-refractivity contribution < 1.29 is 9.53 Å². The van der Waals surface area contributed by atoms with E-state index in [9.17, 15) is 4.79 Å². The van der Waals surface area contributed by atoms with Crippen LogP contribution in [0.1, 0.15) is 19.4 Å². The van der Waals surface area contributed by atoms with Gasteiger partial charge in [-0.1, -0.05) is 60.7 Å². The highest BCUT2D eigenvalue weighted by Crippen LogP contribution is 2.21. The van der Waals surface area contributed by atoms with Gasteiger partial charge in [-0.05, 0) is 31.5 Å². The van der Waals surface area contributed by atoms with Crippen molar-refractivity contribution in [1.29, 1.82) is 0 Å². The van der Waals surface area contributed by atoms with E-state index in [1.807, 2.05) is 65.6 Å². The van der Waals surface area contributed by atoms with Gasteiger partial charge < -0.3 is 9.64 Å². The van der Waals surface area contributed by atoms with Crippen LogP contribution in [-0.2, 0) is 16.1 Å². The first-order chi connectivity index (χ1) is 11.1. The zero-order valence-corrected chi connectivity index (χ0v) is 14.3. The molecule has 1 atom stereocenters. The van der Waals surface area contributed by atoms with Crippen molar-refractivity contribution in [2.45, 2.75) is 20.4 Å². The molecule has 4 heteroatoms. The van der Waals surface area contributed by atoms with E-state index < -0.39 is 5.92 Å². The smallest absolute Gasteiger partial charge is 0.315 e. The number of carbonyl (C=O) groups excluding carboxylic acids is 1. The summed E-state index contributed by atoms with van der Waals surface area (Å²) in [6.45, 7) is 4.57. The average molecular weight is 327 g/mol. The Labute approximate surface area is 142 Å². The SMILES string of the molecule is CCOC(=O)C(C)C(=S)N(Cc1ccccc1)c1ccccc1. The van der Waals surface area contributed by atoms with Crippen molar-refractivity contribution in [3.63, 3.8) is 0 Å². The second-order valence-electron chi connectivity index (χ2n) is 5.22. The van der Waals surface area contributed by atoms with Gasteiger partial charge in [-0.25, -0.2) is 0 Å². The molecule has 0 saturated heterocycles. The number of hydrogen-bond acceptors (Lipinski definition) is 3. The zero-order valence-electron chi connectivity index (χ0n) is 13.4. The molecule has 0 heterocycles. The fourth-order valence-electron chi connectivity index (χ4n) is 2.27. The van der Waals surface area contributed by atoms with Crippen LogP contribution in [0.2, 0.25) is 0 Å². The molecule has 2 aromatic carbocycles. The van der Waals surface area contributed by atoms with Crippen LogP contribution in [0.5, 0.6) is 0 Å². The summed E-state index contributed by atoms with van der Waals surface area (Å²) in [7, 11) is 0. The highest BCUT2D eigenvalue weighted by atomic mass is 32.1. The summed E-state index contributed by atoms with van der Waals surface area (Å²) in [6.07, 6.45) is 0. The molecule has 3 nitrogen and oxygen atoms in total. The van der Waals surface area contributed by atoms with Gasteiger partial charge in [0.05, 0.1) is 11.6 Å². The molecular weight excluding hydrogens is 306 g/mol. The monoisotopic (exact) mass is 327 g/mol. The number of esters is 1. The lowest BCUT2D eigenvalue weighted by Gasteiger charge is -2.28. The number of anilines is 1. The number of thiocarbonyl (C=S) groups is 1. The Bertz CT molecular complexity index is 643. The van der Waals surface area contributed by atoms with Crippen molar-refractivity contribution in [1.82, 2.24) is 0 Å². The zero-order chi connectivity index (χ0) is 16.7. The summed E-state index contributed by atoms with van der Waals surface area (Å²) in [4.78, 5) is 14.6. The molecule has 0 fully saturated rings. The molecule has 0 saturated carbocycles. The molecule has 0 radical (unpaired) electrons. The van der Waals surface area contributed by atoms with E-state index in [1.165, 1.54) is 0 Å². The lowest BCUT2D eigenvalue weighted by molar-refractivity contribution is -0.145. The normalized spacial score (nSPS) is 11.6. The third-order valence-corrected chi connectivity index (χ3v) is 4.10.